The average Bonchev–Trinajstić information content (AvgIpc) is 2.66. The number of aryl methyl sites for hydroxylation is 1. The number of alkyl halides is 6. The van der Waals surface area contributed by atoms with Crippen LogP contribution in [0.3, 0.4) is 0 Å². The summed E-state index contributed by atoms with van der Waals surface area (Å²) in [5.74, 6) is -0.0848. The maximum atomic E-state index is 12.9. The van der Waals surface area contributed by atoms with Crippen LogP contribution in [0.5, 0.6) is 0 Å². The van der Waals surface area contributed by atoms with Crippen LogP contribution < -0.4 is 10.6 Å². The summed E-state index contributed by atoms with van der Waals surface area (Å²) in [6.07, 6.45) is -5.52. The molecule has 0 aliphatic heterocycles. The molecule has 0 radical (unpaired) electrons. The molecule has 1 aliphatic carbocycles. The second-order valence-corrected chi connectivity index (χ2v) is 7.20. The number of aromatic nitrogens is 3. The number of benzene rings is 1. The van der Waals surface area contributed by atoms with Gasteiger partial charge in [-0.15, -0.1) is 0 Å². The summed E-state index contributed by atoms with van der Waals surface area (Å²) in [6, 6.07) is 4.51. The Morgan fingerprint density at radius 1 is 0.900 bits per heavy atom. The molecule has 2 N–H and O–H groups in total. The van der Waals surface area contributed by atoms with E-state index in [1.807, 2.05) is 0 Å². The van der Waals surface area contributed by atoms with Crippen molar-refractivity contribution in [2.45, 2.75) is 63.3 Å². The predicted molar refractivity (Wildman–Crippen MR) is 99.4 cm³/mol. The van der Waals surface area contributed by atoms with E-state index in [4.69, 9.17) is 0 Å². The largest absolute Gasteiger partial charge is 0.416 e. The Kier molecular flexibility index (Phi) is 6.67. The van der Waals surface area contributed by atoms with Gasteiger partial charge in [-0.3, -0.25) is 0 Å². The van der Waals surface area contributed by atoms with E-state index < -0.39 is 30.8 Å². The summed E-state index contributed by atoms with van der Waals surface area (Å²) in [7, 11) is 0. The van der Waals surface area contributed by atoms with E-state index in [1.54, 1.807) is 0 Å². The molecular formula is C19H21F6N5. The number of nitrogens with zero attached hydrogens (tertiary/aromatic N) is 3. The summed E-state index contributed by atoms with van der Waals surface area (Å²) in [5, 5.41) is 5.76. The van der Waals surface area contributed by atoms with Gasteiger partial charge in [0, 0.05) is 18.2 Å². The summed E-state index contributed by atoms with van der Waals surface area (Å²) in [4.78, 5) is 12.2. The minimum atomic E-state index is -4.53. The van der Waals surface area contributed by atoms with Crippen molar-refractivity contribution in [2.24, 2.45) is 0 Å². The third-order valence-electron chi connectivity index (χ3n) is 4.70. The second kappa shape index (κ2) is 9.05. The Morgan fingerprint density at radius 2 is 1.60 bits per heavy atom. The highest BCUT2D eigenvalue weighted by Gasteiger charge is 2.30. The summed E-state index contributed by atoms with van der Waals surface area (Å²) in [6.45, 7) is 0. The zero-order chi connectivity index (χ0) is 21.8. The Bertz CT molecular complexity index is 846. The Morgan fingerprint density at radius 3 is 2.27 bits per heavy atom. The molecule has 0 bridgehead atoms. The monoisotopic (exact) mass is 433 g/mol. The van der Waals surface area contributed by atoms with Gasteiger partial charge in [-0.25, -0.2) is 0 Å². The molecule has 5 nitrogen and oxygen atoms in total. The molecule has 11 heteroatoms. The standard InChI is InChI=1S/C19H21F6N5/c20-18(21,22)10-9-15-28-16(26-13-6-2-1-3-7-13)30-17(29-15)27-14-8-4-5-12(11-14)19(23,24)25/h4-5,8,11,13H,1-3,6-7,9-10H2,(H2,26,27,28,29,30). The van der Waals surface area contributed by atoms with Gasteiger partial charge in [0.15, 0.2) is 0 Å². The quantitative estimate of drug-likeness (QED) is 0.558. The molecule has 1 heterocycles. The highest BCUT2D eigenvalue weighted by atomic mass is 19.4. The van der Waals surface area contributed by atoms with E-state index in [-0.39, 0.29) is 29.5 Å². The fourth-order valence-corrected chi connectivity index (χ4v) is 3.24. The molecular weight excluding hydrogens is 412 g/mol. The lowest BCUT2D eigenvalue weighted by molar-refractivity contribution is -0.137. The van der Waals surface area contributed by atoms with E-state index in [0.717, 1.165) is 44.2 Å². The Balaban J connectivity index is 1.83. The van der Waals surface area contributed by atoms with Gasteiger partial charge in [-0.05, 0) is 31.0 Å². The number of halogens is 6. The van der Waals surface area contributed by atoms with Gasteiger partial charge in [0.2, 0.25) is 11.9 Å². The molecule has 1 aromatic carbocycles. The fraction of sp³-hybridized carbons (Fsp3) is 0.526. The smallest absolute Gasteiger partial charge is 0.351 e. The third-order valence-corrected chi connectivity index (χ3v) is 4.70. The van der Waals surface area contributed by atoms with Crippen LogP contribution in [0.25, 0.3) is 0 Å². The van der Waals surface area contributed by atoms with E-state index in [1.165, 1.54) is 12.1 Å². The van der Waals surface area contributed by atoms with Gasteiger partial charge >= 0.3 is 12.4 Å². The van der Waals surface area contributed by atoms with E-state index in [2.05, 4.69) is 25.6 Å². The first-order valence-corrected chi connectivity index (χ1v) is 9.61. The third kappa shape index (κ3) is 6.74. The molecule has 3 rings (SSSR count). The first-order valence-electron chi connectivity index (χ1n) is 9.61. The molecule has 0 saturated heterocycles. The van der Waals surface area contributed by atoms with Crippen LogP contribution in [0.15, 0.2) is 24.3 Å². The lowest BCUT2D eigenvalue weighted by Gasteiger charge is -2.23. The van der Waals surface area contributed by atoms with Crippen LogP contribution in [0, 0.1) is 0 Å². The molecule has 1 aliphatic rings. The molecule has 0 unspecified atom stereocenters. The van der Waals surface area contributed by atoms with Gasteiger partial charge in [0.25, 0.3) is 0 Å². The lowest BCUT2D eigenvalue weighted by Crippen LogP contribution is -2.24. The molecule has 1 saturated carbocycles. The number of hydrogen-bond donors (Lipinski definition) is 2. The van der Waals surface area contributed by atoms with Gasteiger partial charge in [-0.1, -0.05) is 25.3 Å². The van der Waals surface area contributed by atoms with Crippen molar-refractivity contribution < 1.29 is 26.3 Å². The van der Waals surface area contributed by atoms with Crippen molar-refractivity contribution in [1.82, 2.24) is 15.0 Å². The highest BCUT2D eigenvalue weighted by Crippen LogP contribution is 2.31. The maximum Gasteiger partial charge on any atom is 0.416 e. The van der Waals surface area contributed by atoms with E-state index >= 15 is 0 Å². The molecule has 2 aromatic rings. The summed E-state index contributed by atoms with van der Waals surface area (Å²) >= 11 is 0. The van der Waals surface area contributed by atoms with Crippen molar-refractivity contribution in [2.75, 3.05) is 10.6 Å². The molecule has 1 fully saturated rings. The lowest BCUT2D eigenvalue weighted by atomic mass is 9.96. The molecule has 0 amide bonds. The molecule has 0 spiro atoms. The van der Waals surface area contributed by atoms with Crippen LogP contribution in [0.2, 0.25) is 0 Å². The second-order valence-electron chi connectivity index (χ2n) is 7.20. The van der Waals surface area contributed by atoms with Gasteiger partial charge in [0.1, 0.15) is 5.82 Å². The van der Waals surface area contributed by atoms with Crippen molar-refractivity contribution in [3.63, 3.8) is 0 Å². The zero-order valence-corrected chi connectivity index (χ0v) is 15.9. The van der Waals surface area contributed by atoms with Gasteiger partial charge in [-0.2, -0.15) is 41.3 Å². The fourth-order valence-electron chi connectivity index (χ4n) is 3.24. The number of anilines is 3. The van der Waals surface area contributed by atoms with Crippen molar-refractivity contribution >= 4 is 17.6 Å². The predicted octanol–water partition coefficient (Wildman–Crippen LogP) is 5.87. The van der Waals surface area contributed by atoms with E-state index in [0.29, 0.717) is 0 Å². The van der Waals surface area contributed by atoms with Crippen molar-refractivity contribution in [3.8, 4) is 0 Å². The molecule has 30 heavy (non-hydrogen) atoms. The number of nitrogens with one attached hydrogen (secondary N) is 2. The van der Waals surface area contributed by atoms with E-state index in [9.17, 15) is 26.3 Å². The van der Waals surface area contributed by atoms with Crippen LogP contribution in [-0.4, -0.2) is 27.2 Å². The average molecular weight is 433 g/mol. The number of rotatable bonds is 6. The summed E-state index contributed by atoms with van der Waals surface area (Å²) in [5.41, 5.74) is -0.791. The number of hydrogen-bond acceptors (Lipinski definition) is 5. The van der Waals surface area contributed by atoms with Crippen molar-refractivity contribution in [3.05, 3.63) is 35.7 Å². The Hall–Kier alpha value is -2.59. The van der Waals surface area contributed by atoms with Crippen LogP contribution in [0.4, 0.5) is 43.9 Å². The molecule has 1 aromatic heterocycles. The minimum Gasteiger partial charge on any atom is -0.351 e. The van der Waals surface area contributed by atoms with Crippen LogP contribution in [0.1, 0.15) is 49.9 Å². The minimum absolute atomic E-state index is 0.0708. The normalized spacial score (nSPS) is 15.8. The Labute approximate surface area is 169 Å². The summed E-state index contributed by atoms with van der Waals surface area (Å²) < 4.78 is 76.6. The van der Waals surface area contributed by atoms with Crippen LogP contribution in [-0.2, 0) is 12.6 Å². The van der Waals surface area contributed by atoms with Crippen molar-refractivity contribution in [1.29, 1.82) is 0 Å². The SMILES string of the molecule is FC(F)(F)CCc1nc(Nc2cccc(C(F)(F)F)c2)nc(NC2CCCCC2)n1. The molecule has 164 valence electrons. The van der Waals surface area contributed by atoms with Gasteiger partial charge < -0.3 is 10.6 Å². The van der Waals surface area contributed by atoms with Gasteiger partial charge in [0.05, 0.1) is 12.0 Å². The first kappa shape index (κ1) is 22.1. The molecule has 0 atom stereocenters. The zero-order valence-electron chi connectivity index (χ0n) is 15.9. The maximum absolute atomic E-state index is 12.9. The topological polar surface area (TPSA) is 62.7 Å². The first-order chi connectivity index (χ1) is 14.1. The van der Waals surface area contributed by atoms with Crippen LogP contribution >= 0.6 is 0 Å². The highest BCUT2D eigenvalue weighted by molar-refractivity contribution is 5.55.